The van der Waals surface area contributed by atoms with Crippen molar-refractivity contribution in [1.29, 1.82) is 0 Å². The summed E-state index contributed by atoms with van der Waals surface area (Å²) in [4.78, 5) is 17.3. The van der Waals surface area contributed by atoms with Crippen molar-refractivity contribution in [3.05, 3.63) is 34.7 Å². The van der Waals surface area contributed by atoms with Gasteiger partial charge in [-0.2, -0.15) is 0 Å². The van der Waals surface area contributed by atoms with Gasteiger partial charge in [0.15, 0.2) is 9.84 Å². The maximum atomic E-state index is 12.2. The van der Waals surface area contributed by atoms with Gasteiger partial charge in [0.2, 0.25) is 0 Å². The Labute approximate surface area is 136 Å². The number of hydrogen-bond acceptors (Lipinski definition) is 4. The topological polar surface area (TPSA) is 75.2 Å². The number of piperidine rings is 1. The van der Waals surface area contributed by atoms with Gasteiger partial charge in [-0.3, -0.25) is 4.57 Å². The van der Waals surface area contributed by atoms with E-state index in [0.717, 1.165) is 37.0 Å². The zero-order valence-corrected chi connectivity index (χ0v) is 14.2. The van der Waals surface area contributed by atoms with Gasteiger partial charge in [0.1, 0.15) is 0 Å². The molecule has 1 fully saturated rings. The highest BCUT2D eigenvalue weighted by molar-refractivity contribution is 7.91. The third-order valence-corrected chi connectivity index (χ3v) is 6.39. The van der Waals surface area contributed by atoms with Crippen LogP contribution < -0.4 is 5.69 Å². The molecule has 0 unspecified atom stereocenters. The Morgan fingerprint density at radius 1 is 1.22 bits per heavy atom. The minimum Gasteiger partial charge on any atom is -0.306 e. The second-order valence-electron chi connectivity index (χ2n) is 6.13. The lowest BCUT2D eigenvalue weighted by Gasteiger charge is -2.32. The molecule has 0 saturated carbocycles. The number of para-hydroxylation sites is 2. The molecule has 0 bridgehead atoms. The van der Waals surface area contributed by atoms with Gasteiger partial charge in [-0.25, -0.2) is 13.2 Å². The molecule has 1 aromatic carbocycles. The fourth-order valence-corrected chi connectivity index (χ4v) is 4.08. The van der Waals surface area contributed by atoms with Gasteiger partial charge in [0.25, 0.3) is 0 Å². The van der Waals surface area contributed by atoms with Gasteiger partial charge in [-0.1, -0.05) is 19.1 Å². The Balaban J connectivity index is 1.67. The van der Waals surface area contributed by atoms with E-state index in [2.05, 4.69) is 9.88 Å². The van der Waals surface area contributed by atoms with Crippen LogP contribution in [0.5, 0.6) is 0 Å². The van der Waals surface area contributed by atoms with Crippen molar-refractivity contribution in [3.8, 4) is 0 Å². The first-order valence-corrected chi connectivity index (χ1v) is 9.94. The number of hydrogen-bond donors (Lipinski definition) is 1. The summed E-state index contributed by atoms with van der Waals surface area (Å²) >= 11 is 0. The Kier molecular flexibility index (Phi) is 4.59. The van der Waals surface area contributed by atoms with E-state index < -0.39 is 9.84 Å². The molecule has 126 valence electrons. The molecule has 0 atom stereocenters. The first-order chi connectivity index (χ1) is 11.0. The van der Waals surface area contributed by atoms with Crippen molar-refractivity contribution in [1.82, 2.24) is 14.5 Å². The fraction of sp³-hybridized carbons (Fsp3) is 0.562. The predicted molar refractivity (Wildman–Crippen MR) is 91.6 cm³/mol. The maximum absolute atomic E-state index is 12.2. The van der Waals surface area contributed by atoms with Crippen molar-refractivity contribution in [2.75, 3.05) is 31.1 Å². The molecule has 2 heterocycles. The highest BCUT2D eigenvalue weighted by Gasteiger charge is 2.24. The molecule has 0 amide bonds. The molecular weight excluding hydrogens is 314 g/mol. The van der Waals surface area contributed by atoms with Crippen molar-refractivity contribution in [3.63, 3.8) is 0 Å². The molecule has 1 aromatic heterocycles. The first-order valence-electron chi connectivity index (χ1n) is 8.12. The summed E-state index contributed by atoms with van der Waals surface area (Å²) in [6, 6.07) is 7.92. The Morgan fingerprint density at radius 2 is 1.91 bits per heavy atom. The quantitative estimate of drug-likeness (QED) is 0.895. The number of aromatic amines is 1. The van der Waals surface area contributed by atoms with Crippen LogP contribution in [-0.2, 0) is 9.84 Å². The summed E-state index contributed by atoms with van der Waals surface area (Å²) in [5.41, 5.74) is 1.76. The average Bonchev–Trinajstić information content (AvgIpc) is 2.89. The third kappa shape index (κ3) is 3.50. The van der Waals surface area contributed by atoms with Gasteiger partial charge in [-0.15, -0.1) is 0 Å². The van der Waals surface area contributed by atoms with E-state index in [1.807, 2.05) is 28.8 Å². The van der Waals surface area contributed by atoms with E-state index in [0.29, 0.717) is 6.54 Å². The van der Waals surface area contributed by atoms with Crippen LogP contribution in [0.4, 0.5) is 0 Å². The summed E-state index contributed by atoms with van der Waals surface area (Å²) in [6.07, 6.45) is 1.74. The SMILES string of the molecule is CCS(=O)(=O)CCN1CCC(n2c(=O)[nH]c3ccccc32)CC1. The molecular formula is C16H23N3O3S. The Hall–Kier alpha value is -1.60. The maximum Gasteiger partial charge on any atom is 0.326 e. The number of nitrogens with zero attached hydrogens (tertiary/aromatic N) is 2. The molecule has 6 nitrogen and oxygen atoms in total. The molecule has 7 heteroatoms. The monoisotopic (exact) mass is 337 g/mol. The second-order valence-corrected chi connectivity index (χ2v) is 8.60. The van der Waals surface area contributed by atoms with Crippen molar-refractivity contribution in [2.45, 2.75) is 25.8 Å². The molecule has 1 saturated heterocycles. The number of benzene rings is 1. The van der Waals surface area contributed by atoms with Gasteiger partial charge >= 0.3 is 5.69 Å². The van der Waals surface area contributed by atoms with Crippen molar-refractivity contribution < 1.29 is 8.42 Å². The van der Waals surface area contributed by atoms with Crippen LogP contribution in [0.1, 0.15) is 25.8 Å². The second kappa shape index (κ2) is 6.49. The van der Waals surface area contributed by atoms with Crippen molar-refractivity contribution >= 4 is 20.9 Å². The van der Waals surface area contributed by atoms with E-state index in [9.17, 15) is 13.2 Å². The van der Waals surface area contributed by atoms with Crippen LogP contribution in [0.2, 0.25) is 0 Å². The molecule has 2 aromatic rings. The van der Waals surface area contributed by atoms with Crippen LogP contribution in [0.3, 0.4) is 0 Å². The van der Waals surface area contributed by atoms with Crippen LogP contribution >= 0.6 is 0 Å². The first kappa shape index (κ1) is 16.3. The zero-order chi connectivity index (χ0) is 16.4. The molecule has 1 N–H and O–H groups in total. The number of sulfone groups is 1. The molecule has 1 aliphatic rings. The third-order valence-electron chi connectivity index (χ3n) is 4.70. The van der Waals surface area contributed by atoms with Crippen LogP contribution in [-0.4, -0.2) is 54.0 Å². The number of fused-ring (bicyclic) bond motifs is 1. The largest absolute Gasteiger partial charge is 0.326 e. The molecule has 0 radical (unpaired) electrons. The lowest BCUT2D eigenvalue weighted by Crippen LogP contribution is -2.39. The van der Waals surface area contributed by atoms with Crippen LogP contribution in [0.15, 0.2) is 29.1 Å². The predicted octanol–water partition coefficient (Wildman–Crippen LogP) is 1.40. The van der Waals surface area contributed by atoms with E-state index in [-0.39, 0.29) is 23.2 Å². The van der Waals surface area contributed by atoms with E-state index in [1.54, 1.807) is 6.92 Å². The average molecular weight is 337 g/mol. The smallest absolute Gasteiger partial charge is 0.306 e. The van der Waals surface area contributed by atoms with Gasteiger partial charge in [-0.05, 0) is 25.0 Å². The summed E-state index contributed by atoms with van der Waals surface area (Å²) in [7, 11) is -2.91. The van der Waals surface area contributed by atoms with Crippen molar-refractivity contribution in [2.24, 2.45) is 0 Å². The van der Waals surface area contributed by atoms with Gasteiger partial charge in [0, 0.05) is 31.4 Å². The number of nitrogens with one attached hydrogen (secondary N) is 1. The summed E-state index contributed by atoms with van der Waals surface area (Å²) in [5, 5.41) is 0. The van der Waals surface area contributed by atoms with E-state index in [4.69, 9.17) is 0 Å². The van der Waals surface area contributed by atoms with E-state index >= 15 is 0 Å². The number of aromatic nitrogens is 2. The van der Waals surface area contributed by atoms with E-state index in [1.165, 1.54) is 0 Å². The highest BCUT2D eigenvalue weighted by atomic mass is 32.2. The number of likely N-dealkylation sites (tertiary alicyclic amines) is 1. The molecule has 3 rings (SSSR count). The summed E-state index contributed by atoms with van der Waals surface area (Å²) in [6.45, 7) is 3.93. The highest BCUT2D eigenvalue weighted by Crippen LogP contribution is 2.24. The summed E-state index contributed by atoms with van der Waals surface area (Å²) in [5.74, 6) is 0.426. The molecule has 0 spiro atoms. The fourth-order valence-electron chi connectivity index (χ4n) is 3.25. The normalized spacial score (nSPS) is 17.8. The number of imidazole rings is 1. The minimum atomic E-state index is -2.91. The minimum absolute atomic E-state index is 0.0572. The molecule has 0 aliphatic carbocycles. The lowest BCUT2D eigenvalue weighted by atomic mass is 10.0. The lowest BCUT2D eigenvalue weighted by molar-refractivity contribution is 0.195. The number of H-pyrrole nitrogens is 1. The Bertz CT molecular complexity index is 830. The van der Waals surface area contributed by atoms with Crippen LogP contribution in [0.25, 0.3) is 11.0 Å². The molecule has 23 heavy (non-hydrogen) atoms. The molecule has 1 aliphatic heterocycles. The Morgan fingerprint density at radius 3 is 2.61 bits per heavy atom. The van der Waals surface area contributed by atoms with Gasteiger partial charge < -0.3 is 9.88 Å². The number of rotatable bonds is 5. The van der Waals surface area contributed by atoms with Crippen LogP contribution in [0, 0.1) is 0 Å². The summed E-state index contributed by atoms with van der Waals surface area (Å²) < 4.78 is 25.1. The van der Waals surface area contributed by atoms with Gasteiger partial charge in [0.05, 0.1) is 16.8 Å². The standard InChI is InChI=1S/C16H23N3O3S/c1-2-23(21,22)12-11-18-9-7-13(8-10-18)19-15-6-4-3-5-14(15)17-16(19)20/h3-6,13H,2,7-12H2,1H3,(H,17,20). The zero-order valence-electron chi connectivity index (χ0n) is 13.4.